The van der Waals surface area contributed by atoms with Crippen LogP contribution in [0.1, 0.15) is 65.5 Å². The maximum Gasteiger partial charge on any atom is 0.269 e. The van der Waals surface area contributed by atoms with E-state index in [1.54, 1.807) is 6.92 Å². The normalized spacial score (nSPS) is 16.6. The van der Waals surface area contributed by atoms with E-state index in [0.717, 1.165) is 40.4 Å². The zero-order valence-electron chi connectivity index (χ0n) is 30.2. The fraction of sp³-hybridized carbons (Fsp3) is 0.474. The molecule has 276 valence electrons. The summed E-state index contributed by atoms with van der Waals surface area (Å²) in [5.74, 6) is -0.981. The molecule has 13 heteroatoms. The van der Waals surface area contributed by atoms with Gasteiger partial charge in [-0.15, -0.1) is 0 Å². The van der Waals surface area contributed by atoms with Crippen molar-refractivity contribution in [2.75, 3.05) is 13.1 Å². The van der Waals surface area contributed by atoms with E-state index < -0.39 is 50.5 Å². The molecule has 0 spiro atoms. The first-order valence-corrected chi connectivity index (χ1v) is 18.8. The van der Waals surface area contributed by atoms with Crippen molar-refractivity contribution < 1.29 is 28.0 Å². The first-order chi connectivity index (χ1) is 23.9. The van der Waals surface area contributed by atoms with Gasteiger partial charge in [0.15, 0.2) is 0 Å². The fourth-order valence-corrected chi connectivity index (χ4v) is 7.76. The third-order valence-corrected chi connectivity index (χ3v) is 11.0. The Balaban J connectivity index is 1.55. The fourth-order valence-electron chi connectivity index (χ4n) is 6.14. The summed E-state index contributed by atoms with van der Waals surface area (Å²) in [4.78, 5) is 38.1. The van der Waals surface area contributed by atoms with Crippen molar-refractivity contribution in [2.24, 2.45) is 11.3 Å². The lowest BCUT2D eigenvalue weighted by atomic mass is 9.85. The third kappa shape index (κ3) is 10.4. The summed E-state index contributed by atoms with van der Waals surface area (Å²) in [5, 5.41) is 32.2. The predicted octanol–water partition coefficient (Wildman–Crippen LogP) is 4.53. The first-order valence-electron chi connectivity index (χ1n) is 17.3. The molecule has 51 heavy (non-hydrogen) atoms. The summed E-state index contributed by atoms with van der Waals surface area (Å²) in [7, 11) is -4.19. The van der Waals surface area contributed by atoms with Gasteiger partial charge in [0.25, 0.3) is 5.69 Å². The third-order valence-electron chi connectivity index (χ3n) is 9.11. The Morgan fingerprint density at radius 3 is 1.96 bits per heavy atom. The van der Waals surface area contributed by atoms with Gasteiger partial charge in [-0.25, -0.2) is 8.42 Å². The number of nitrogens with zero attached hydrogens (tertiary/aromatic N) is 2. The molecule has 0 unspecified atom stereocenters. The van der Waals surface area contributed by atoms with Crippen LogP contribution in [0.3, 0.4) is 0 Å². The van der Waals surface area contributed by atoms with Crippen LogP contribution >= 0.6 is 0 Å². The summed E-state index contributed by atoms with van der Waals surface area (Å²) in [6.07, 6.45) is 0.608. The second-order valence-electron chi connectivity index (χ2n) is 15.0. The van der Waals surface area contributed by atoms with Crippen molar-refractivity contribution in [3.8, 4) is 0 Å². The van der Waals surface area contributed by atoms with Crippen LogP contribution in [0, 0.1) is 21.4 Å². The zero-order valence-corrected chi connectivity index (χ0v) is 31.0. The number of nitro benzene ring substituents is 1. The van der Waals surface area contributed by atoms with E-state index in [9.17, 15) is 33.2 Å². The monoisotopic (exact) mass is 721 g/mol. The number of rotatable bonds is 17. The number of nitro groups is 1. The number of carbonyl (C=O) groups is 2. The molecule has 4 N–H and O–H groups in total. The summed E-state index contributed by atoms with van der Waals surface area (Å²) < 4.78 is 28.8. The lowest BCUT2D eigenvalue weighted by Crippen LogP contribution is -2.60. The van der Waals surface area contributed by atoms with Crippen molar-refractivity contribution in [1.82, 2.24) is 20.3 Å². The molecule has 0 aliphatic heterocycles. The second kappa shape index (κ2) is 16.4. The van der Waals surface area contributed by atoms with Gasteiger partial charge >= 0.3 is 0 Å². The summed E-state index contributed by atoms with van der Waals surface area (Å²) in [6, 6.07) is 21.2. The van der Waals surface area contributed by atoms with Gasteiger partial charge in [-0.1, -0.05) is 95.3 Å². The highest BCUT2D eigenvalue weighted by molar-refractivity contribution is 7.89. The number of aliphatic hydroxyl groups is 1. The minimum atomic E-state index is -4.19. The molecule has 1 aliphatic rings. The number of non-ortho nitro benzene ring substituents is 1. The van der Waals surface area contributed by atoms with Gasteiger partial charge < -0.3 is 15.7 Å². The zero-order chi connectivity index (χ0) is 37.6. The molecule has 0 saturated heterocycles. The van der Waals surface area contributed by atoms with Crippen LogP contribution in [0.2, 0.25) is 0 Å². The lowest BCUT2D eigenvalue weighted by Gasteiger charge is -2.35. The van der Waals surface area contributed by atoms with Gasteiger partial charge in [-0.3, -0.25) is 25.0 Å². The molecule has 1 aliphatic carbocycles. The average molecular weight is 722 g/mol. The smallest absolute Gasteiger partial charge is 0.269 e. The molecular formula is C38H51N5O7S. The van der Waals surface area contributed by atoms with Crippen LogP contribution in [0.15, 0.2) is 89.8 Å². The number of sulfonamides is 1. The Labute approximate surface area is 301 Å². The average Bonchev–Trinajstić information content (AvgIpc) is 3.87. The predicted molar refractivity (Wildman–Crippen MR) is 196 cm³/mol. The van der Waals surface area contributed by atoms with Crippen LogP contribution in [0.5, 0.6) is 0 Å². The number of nitrogens with one attached hydrogen (secondary N) is 3. The minimum Gasteiger partial charge on any atom is -0.390 e. The number of amides is 2. The van der Waals surface area contributed by atoms with E-state index in [0.29, 0.717) is 0 Å². The SMILES string of the molecule is CC(C)CN(C[C@@H](O)[C@H](Cc1ccccc1)NC(=O)[C@@H](NC(=O)[C@@H](C)NC1(c2ccccc2)CC1)C(C)(C)C)S(=O)(=O)c1ccc([N+](=O)[O-])cc1. The van der Waals surface area contributed by atoms with Crippen molar-refractivity contribution in [3.63, 3.8) is 0 Å². The Morgan fingerprint density at radius 2 is 1.45 bits per heavy atom. The topological polar surface area (TPSA) is 171 Å². The molecule has 0 bridgehead atoms. The van der Waals surface area contributed by atoms with E-state index in [-0.39, 0.29) is 47.5 Å². The summed E-state index contributed by atoms with van der Waals surface area (Å²) >= 11 is 0. The van der Waals surface area contributed by atoms with Crippen LogP contribution < -0.4 is 16.0 Å². The number of aliphatic hydroxyl groups excluding tert-OH is 1. The number of benzene rings is 3. The van der Waals surface area contributed by atoms with Crippen LogP contribution in [0.4, 0.5) is 5.69 Å². The number of hydrogen-bond donors (Lipinski definition) is 4. The molecular weight excluding hydrogens is 671 g/mol. The Hall–Kier alpha value is -4.17. The minimum absolute atomic E-state index is 0.0540. The van der Waals surface area contributed by atoms with Gasteiger partial charge in [0.1, 0.15) is 6.04 Å². The quantitative estimate of drug-likeness (QED) is 0.116. The second-order valence-corrected chi connectivity index (χ2v) is 16.9. The molecule has 0 aromatic heterocycles. The van der Waals surface area contributed by atoms with Crippen molar-refractivity contribution >= 4 is 27.5 Å². The van der Waals surface area contributed by atoms with Crippen LogP contribution in [0.25, 0.3) is 0 Å². The number of carbonyl (C=O) groups excluding carboxylic acids is 2. The highest BCUT2D eigenvalue weighted by Gasteiger charge is 2.46. The van der Waals surface area contributed by atoms with Crippen molar-refractivity contribution in [1.29, 1.82) is 0 Å². The van der Waals surface area contributed by atoms with E-state index in [1.165, 1.54) is 12.1 Å². The Kier molecular flexibility index (Phi) is 12.8. The van der Waals surface area contributed by atoms with E-state index in [2.05, 4.69) is 16.0 Å². The van der Waals surface area contributed by atoms with Crippen molar-refractivity contribution in [2.45, 2.75) is 95.5 Å². The molecule has 3 aromatic carbocycles. The first kappa shape index (κ1) is 39.6. The lowest BCUT2D eigenvalue weighted by molar-refractivity contribution is -0.384. The van der Waals surface area contributed by atoms with E-state index in [1.807, 2.05) is 95.3 Å². The summed E-state index contributed by atoms with van der Waals surface area (Å²) in [5.41, 5.74) is 0.652. The van der Waals surface area contributed by atoms with Crippen molar-refractivity contribution in [3.05, 3.63) is 106 Å². The maximum absolute atomic E-state index is 14.1. The van der Waals surface area contributed by atoms with Gasteiger partial charge in [-0.2, -0.15) is 4.31 Å². The van der Waals surface area contributed by atoms with Gasteiger partial charge in [0, 0.05) is 30.8 Å². The Bertz CT molecular complexity index is 1740. The molecule has 0 heterocycles. The van der Waals surface area contributed by atoms with E-state index in [4.69, 9.17) is 0 Å². The molecule has 3 aromatic rings. The molecule has 1 fully saturated rings. The highest BCUT2D eigenvalue weighted by atomic mass is 32.2. The number of hydrogen-bond acceptors (Lipinski definition) is 8. The van der Waals surface area contributed by atoms with E-state index >= 15 is 0 Å². The largest absolute Gasteiger partial charge is 0.390 e. The van der Waals surface area contributed by atoms with Gasteiger partial charge in [0.2, 0.25) is 21.8 Å². The van der Waals surface area contributed by atoms with Crippen LogP contribution in [-0.4, -0.2) is 71.9 Å². The maximum atomic E-state index is 14.1. The molecule has 1 saturated carbocycles. The van der Waals surface area contributed by atoms with Gasteiger partial charge in [0.05, 0.1) is 28.0 Å². The molecule has 12 nitrogen and oxygen atoms in total. The molecule has 4 rings (SSSR count). The standard InChI is InChI=1S/C38H51N5O7S/c1-26(2)24-42(51(49,50)31-19-17-30(18-20-31)43(47)48)25-33(44)32(23-28-13-9-7-10-14-28)39-36(46)34(37(4,5)6)40-35(45)27(3)41-38(21-22-38)29-15-11-8-12-16-29/h7-20,26-27,32-34,41,44H,21-25H2,1-6H3,(H,39,46)(H,40,45)/t27-,32+,33-,34-/m1/s1. The van der Waals surface area contributed by atoms with Gasteiger partial charge in [-0.05, 0) is 60.8 Å². The molecule has 0 radical (unpaired) electrons. The summed E-state index contributed by atoms with van der Waals surface area (Å²) in [6.45, 7) is 10.7. The van der Waals surface area contributed by atoms with Crippen LogP contribution in [-0.2, 0) is 31.6 Å². The Morgan fingerprint density at radius 1 is 0.882 bits per heavy atom. The molecule has 2 amide bonds. The molecule has 4 atom stereocenters. The highest BCUT2D eigenvalue weighted by Crippen LogP contribution is 2.45.